The van der Waals surface area contributed by atoms with E-state index >= 15 is 0 Å². The number of halogens is 1. The van der Waals surface area contributed by atoms with Gasteiger partial charge in [0.25, 0.3) is 0 Å². The minimum Gasteiger partial charge on any atom is -1.00 e. The molecule has 0 amide bonds. The predicted molar refractivity (Wildman–Crippen MR) is 145 cm³/mol. The van der Waals surface area contributed by atoms with Crippen molar-refractivity contribution in [1.29, 1.82) is 0 Å². The minimum absolute atomic E-state index is 0. The zero-order valence-corrected chi connectivity index (χ0v) is 22.4. The second-order valence-electron chi connectivity index (χ2n) is 9.68. The molecule has 0 bridgehead atoms. The maximum atomic E-state index is 2.33. The molecule has 2 aromatic carbocycles. The largest absolute Gasteiger partial charge is 1.00 e. The molecule has 0 aliphatic carbocycles. The fourth-order valence-corrected chi connectivity index (χ4v) is 5.16. The lowest BCUT2D eigenvalue weighted by Crippen LogP contribution is -3.00. The van der Waals surface area contributed by atoms with Gasteiger partial charge in [0.1, 0.15) is 11.4 Å². The number of rotatable bonds is 19. The van der Waals surface area contributed by atoms with Crippen molar-refractivity contribution in [1.82, 2.24) is 4.48 Å². The molecule has 186 valence electrons. The van der Waals surface area contributed by atoms with Crippen LogP contribution in [0.3, 0.4) is 0 Å². The van der Waals surface area contributed by atoms with Gasteiger partial charge in [-0.15, -0.1) is 0 Å². The van der Waals surface area contributed by atoms with Gasteiger partial charge in [-0.25, -0.2) is 0 Å². The molecular formula is C31H50ClN. The Balaban J connectivity index is 0.00000544. The summed E-state index contributed by atoms with van der Waals surface area (Å²) in [6.45, 7) is 7.00. The number of quaternary nitrogens is 1. The Hall–Kier alpha value is -1.31. The first-order chi connectivity index (χ1) is 15.8. The highest BCUT2D eigenvalue weighted by Crippen LogP contribution is 2.35. The second kappa shape index (κ2) is 19.0. The third-order valence-electron chi connectivity index (χ3n) is 7.00. The number of benzene rings is 2. The van der Waals surface area contributed by atoms with E-state index in [1.54, 1.807) is 0 Å². The maximum Gasteiger partial charge on any atom is 0.137 e. The topological polar surface area (TPSA) is 0 Å². The number of unbranched alkanes of at least 4 members (excludes halogenated alkanes) is 13. The molecule has 1 nitrogen and oxygen atoms in total. The lowest BCUT2D eigenvalue weighted by Gasteiger charge is -2.38. The Morgan fingerprint density at radius 2 is 0.788 bits per heavy atom. The molecular weight excluding hydrogens is 422 g/mol. The summed E-state index contributed by atoms with van der Waals surface area (Å²) in [5.74, 6) is 0. The fraction of sp³-hybridized carbons (Fsp3) is 0.613. The summed E-state index contributed by atoms with van der Waals surface area (Å²) in [4.78, 5) is 0. The summed E-state index contributed by atoms with van der Waals surface area (Å²) in [6.07, 6.45) is 21.1. The molecule has 0 N–H and O–H groups in total. The van der Waals surface area contributed by atoms with Gasteiger partial charge in [-0.2, -0.15) is 0 Å². The second-order valence-corrected chi connectivity index (χ2v) is 9.68. The van der Waals surface area contributed by atoms with Crippen molar-refractivity contribution < 1.29 is 12.4 Å². The number of hydrogen-bond acceptors (Lipinski definition) is 0. The molecule has 0 aliphatic rings. The van der Waals surface area contributed by atoms with Crippen LogP contribution in [0.2, 0.25) is 0 Å². The van der Waals surface area contributed by atoms with Crippen molar-refractivity contribution in [3.8, 4) is 0 Å². The molecule has 0 unspecified atom stereocenters. The highest BCUT2D eigenvalue weighted by molar-refractivity contribution is 5.58. The monoisotopic (exact) mass is 471 g/mol. The molecule has 2 aromatic rings. The van der Waals surface area contributed by atoms with Gasteiger partial charge in [-0.1, -0.05) is 127 Å². The van der Waals surface area contributed by atoms with Crippen LogP contribution in [0.15, 0.2) is 60.7 Å². The molecule has 2 rings (SSSR count). The molecule has 0 aromatic heterocycles. The van der Waals surface area contributed by atoms with Crippen molar-refractivity contribution in [2.24, 2.45) is 0 Å². The first kappa shape index (κ1) is 29.7. The quantitative estimate of drug-likeness (QED) is 0.150. The lowest BCUT2D eigenvalue weighted by molar-refractivity contribution is -0.00000680. The Bertz CT molecular complexity index is 630. The molecule has 33 heavy (non-hydrogen) atoms. The van der Waals surface area contributed by atoms with Gasteiger partial charge in [-0.05, 0) is 43.5 Å². The van der Waals surface area contributed by atoms with Gasteiger partial charge in [-0.3, -0.25) is 4.48 Å². The van der Waals surface area contributed by atoms with Crippen molar-refractivity contribution >= 4 is 11.4 Å². The minimum atomic E-state index is 0. The van der Waals surface area contributed by atoms with E-state index in [0.717, 1.165) is 4.48 Å². The van der Waals surface area contributed by atoms with Crippen LogP contribution < -0.4 is 16.9 Å². The van der Waals surface area contributed by atoms with Crippen LogP contribution in [0.5, 0.6) is 0 Å². The predicted octanol–water partition coefficient (Wildman–Crippen LogP) is 7.22. The smallest absolute Gasteiger partial charge is 0.137 e. The zero-order valence-electron chi connectivity index (χ0n) is 21.6. The molecule has 0 atom stereocenters. The maximum absolute atomic E-state index is 2.33. The van der Waals surface area contributed by atoms with Gasteiger partial charge in [0, 0.05) is 0 Å². The van der Waals surface area contributed by atoms with Crippen LogP contribution in [0.1, 0.15) is 110 Å². The average molecular weight is 472 g/mol. The van der Waals surface area contributed by atoms with Gasteiger partial charge in [0.15, 0.2) is 0 Å². The van der Waals surface area contributed by atoms with E-state index in [1.807, 2.05) is 0 Å². The van der Waals surface area contributed by atoms with Gasteiger partial charge in [0.05, 0.1) is 13.1 Å². The summed E-state index contributed by atoms with van der Waals surface area (Å²) >= 11 is 0. The number of hydrogen-bond donors (Lipinski definition) is 0. The van der Waals surface area contributed by atoms with E-state index in [0.29, 0.717) is 0 Å². The summed E-state index contributed by atoms with van der Waals surface area (Å²) < 4.78 is 0.996. The first-order valence-electron chi connectivity index (χ1n) is 13.8. The number of para-hydroxylation sites is 2. The zero-order chi connectivity index (χ0) is 22.7. The van der Waals surface area contributed by atoms with Crippen LogP contribution in [0, 0.1) is 0 Å². The number of nitrogens with zero attached hydrogens (tertiary/aromatic N) is 1. The molecule has 2 heteroatoms. The van der Waals surface area contributed by atoms with Gasteiger partial charge in [0.2, 0.25) is 0 Å². The fourth-order valence-electron chi connectivity index (χ4n) is 5.16. The van der Waals surface area contributed by atoms with Gasteiger partial charge >= 0.3 is 0 Å². The molecule has 0 heterocycles. The molecule has 0 spiro atoms. The summed E-state index contributed by atoms with van der Waals surface area (Å²) in [5.41, 5.74) is 2.88. The van der Waals surface area contributed by atoms with Crippen molar-refractivity contribution in [3.63, 3.8) is 0 Å². The van der Waals surface area contributed by atoms with Crippen LogP contribution in [0.4, 0.5) is 11.4 Å². The molecule has 0 radical (unpaired) electrons. The summed E-state index contributed by atoms with van der Waals surface area (Å²) in [7, 11) is 0. The molecule has 0 saturated carbocycles. The van der Waals surface area contributed by atoms with E-state index in [2.05, 4.69) is 74.5 Å². The van der Waals surface area contributed by atoms with Crippen molar-refractivity contribution in [2.75, 3.05) is 13.1 Å². The molecule has 0 saturated heterocycles. The summed E-state index contributed by atoms with van der Waals surface area (Å²) in [6, 6.07) is 22.4. The SMILES string of the molecule is CCCCCCCCCCCCCCCC[N+](CCC)(c1ccccc1)c1ccccc1.[Cl-]. The van der Waals surface area contributed by atoms with E-state index in [9.17, 15) is 0 Å². The van der Waals surface area contributed by atoms with Crippen molar-refractivity contribution in [2.45, 2.75) is 110 Å². The Kier molecular flexibility index (Phi) is 17.2. The molecule has 0 fully saturated rings. The van der Waals surface area contributed by atoms with Crippen LogP contribution >= 0.6 is 0 Å². The third-order valence-corrected chi connectivity index (χ3v) is 7.00. The Morgan fingerprint density at radius 1 is 0.424 bits per heavy atom. The van der Waals surface area contributed by atoms with Crippen LogP contribution in [0.25, 0.3) is 0 Å². The van der Waals surface area contributed by atoms with Gasteiger partial charge < -0.3 is 12.4 Å². The van der Waals surface area contributed by atoms with E-state index in [1.165, 1.54) is 121 Å². The van der Waals surface area contributed by atoms with E-state index in [-0.39, 0.29) is 12.4 Å². The lowest BCUT2D eigenvalue weighted by atomic mass is 10.0. The van der Waals surface area contributed by atoms with Crippen LogP contribution in [-0.4, -0.2) is 13.1 Å². The van der Waals surface area contributed by atoms with Crippen LogP contribution in [-0.2, 0) is 0 Å². The Labute approximate surface area is 212 Å². The highest BCUT2D eigenvalue weighted by atomic mass is 35.5. The average Bonchev–Trinajstić information content (AvgIpc) is 2.84. The first-order valence-corrected chi connectivity index (χ1v) is 13.8. The Morgan fingerprint density at radius 3 is 1.15 bits per heavy atom. The molecule has 0 aliphatic heterocycles. The standard InChI is InChI=1S/C31H50N.ClH/c1-3-5-6-7-8-9-10-11-12-13-14-15-16-23-29-32(28-4-2,30-24-19-17-20-25-30)31-26-21-18-22-27-31;/h17-22,24-27H,3-16,23,28-29H2,1-2H3;1H/q+1;/p-1. The summed E-state index contributed by atoms with van der Waals surface area (Å²) in [5, 5.41) is 0. The van der Waals surface area contributed by atoms with E-state index < -0.39 is 0 Å². The highest BCUT2D eigenvalue weighted by Gasteiger charge is 2.31. The van der Waals surface area contributed by atoms with E-state index in [4.69, 9.17) is 0 Å². The normalized spacial score (nSPS) is 11.3. The third kappa shape index (κ3) is 11.1. The van der Waals surface area contributed by atoms with Crippen molar-refractivity contribution in [3.05, 3.63) is 60.7 Å².